The van der Waals surface area contributed by atoms with Gasteiger partial charge < -0.3 is 13.8 Å². The Morgan fingerprint density at radius 3 is 2.71 bits per heavy atom. The number of nitrogens with zero attached hydrogens (tertiary/aromatic N) is 1. The number of hydrogen-bond donors (Lipinski definition) is 0. The molecule has 0 aromatic carbocycles. The van der Waals surface area contributed by atoms with Crippen LogP contribution < -0.4 is 0 Å². The Kier molecular flexibility index (Phi) is 5.39. The summed E-state index contributed by atoms with van der Waals surface area (Å²) in [5.41, 5.74) is 2.43. The Bertz CT molecular complexity index is 398. The standard InChI is InChI=1S/C9H14NO5PS/c1-7(11)15-4-8-5-17-6-10-9(8)16(12,13-2)14-3/h6H,4-5H2,1-3H3. The monoisotopic (exact) mass is 279 g/mol. The predicted octanol–water partition coefficient (Wildman–Crippen LogP) is 2.02. The smallest absolute Gasteiger partial charge is 0.379 e. The average Bonchev–Trinajstić information content (AvgIpc) is 2.35. The van der Waals surface area contributed by atoms with Crippen LogP contribution in [0.2, 0.25) is 0 Å². The van der Waals surface area contributed by atoms with Gasteiger partial charge in [0.25, 0.3) is 0 Å². The van der Waals surface area contributed by atoms with Crippen LogP contribution >= 0.6 is 19.4 Å². The molecule has 0 aliphatic carbocycles. The molecule has 0 amide bonds. The van der Waals surface area contributed by atoms with Crippen molar-refractivity contribution < 1.29 is 23.1 Å². The van der Waals surface area contributed by atoms with Crippen molar-refractivity contribution in [3.8, 4) is 0 Å². The van der Waals surface area contributed by atoms with E-state index in [2.05, 4.69) is 4.99 Å². The van der Waals surface area contributed by atoms with Gasteiger partial charge in [-0.2, -0.15) is 0 Å². The van der Waals surface area contributed by atoms with Gasteiger partial charge in [0.15, 0.2) is 5.44 Å². The summed E-state index contributed by atoms with van der Waals surface area (Å²) in [6.45, 7) is 1.36. The Morgan fingerprint density at radius 1 is 1.53 bits per heavy atom. The predicted molar refractivity (Wildman–Crippen MR) is 66.2 cm³/mol. The summed E-state index contributed by atoms with van der Waals surface area (Å²) in [7, 11) is -0.816. The van der Waals surface area contributed by atoms with E-state index in [1.807, 2.05) is 0 Å². The zero-order valence-electron chi connectivity index (χ0n) is 9.84. The van der Waals surface area contributed by atoms with Gasteiger partial charge in [-0.3, -0.25) is 9.36 Å². The van der Waals surface area contributed by atoms with E-state index in [-0.39, 0.29) is 12.0 Å². The first-order valence-corrected chi connectivity index (χ1v) is 7.34. The van der Waals surface area contributed by atoms with E-state index >= 15 is 0 Å². The first kappa shape index (κ1) is 14.4. The largest absolute Gasteiger partial charge is 0.461 e. The molecule has 96 valence electrons. The van der Waals surface area contributed by atoms with Gasteiger partial charge in [0.2, 0.25) is 0 Å². The average molecular weight is 279 g/mol. The number of ether oxygens (including phenoxy) is 1. The van der Waals surface area contributed by atoms with Crippen molar-refractivity contribution in [1.29, 1.82) is 0 Å². The topological polar surface area (TPSA) is 74.2 Å². The zero-order valence-corrected chi connectivity index (χ0v) is 11.5. The van der Waals surface area contributed by atoms with Crippen LogP contribution in [-0.2, 0) is 23.1 Å². The summed E-state index contributed by atoms with van der Waals surface area (Å²) < 4.78 is 26.8. The van der Waals surface area contributed by atoms with Gasteiger partial charge in [0.05, 0.1) is 5.55 Å². The van der Waals surface area contributed by atoms with Crippen LogP contribution in [-0.4, -0.2) is 38.1 Å². The molecule has 0 spiro atoms. The molecule has 0 bridgehead atoms. The number of thioether (sulfide) groups is 1. The summed E-state index contributed by atoms with van der Waals surface area (Å²) in [6.07, 6.45) is 0. The minimum absolute atomic E-state index is 0.0473. The number of carbonyl (C=O) groups is 1. The van der Waals surface area contributed by atoms with Crippen LogP contribution in [0.15, 0.2) is 16.0 Å². The maximum absolute atomic E-state index is 12.2. The maximum Gasteiger partial charge on any atom is 0.379 e. The van der Waals surface area contributed by atoms with Crippen molar-refractivity contribution in [3.63, 3.8) is 0 Å². The lowest BCUT2D eigenvalue weighted by atomic mass is 10.3. The fraction of sp³-hybridized carbons (Fsp3) is 0.556. The second kappa shape index (κ2) is 6.35. The number of esters is 1. The van der Waals surface area contributed by atoms with E-state index in [4.69, 9.17) is 13.8 Å². The Hall–Kier alpha value is -0.620. The highest BCUT2D eigenvalue weighted by Crippen LogP contribution is 2.57. The molecule has 0 saturated heterocycles. The lowest BCUT2D eigenvalue weighted by molar-refractivity contribution is -0.139. The van der Waals surface area contributed by atoms with Crippen molar-refractivity contribution in [2.45, 2.75) is 6.92 Å². The quantitative estimate of drug-likeness (QED) is 0.566. The fourth-order valence-corrected chi connectivity index (χ4v) is 3.27. The molecule has 1 heterocycles. The Morgan fingerprint density at radius 2 is 2.18 bits per heavy atom. The van der Waals surface area contributed by atoms with E-state index in [1.165, 1.54) is 32.9 Å². The van der Waals surface area contributed by atoms with Crippen LogP contribution in [0.3, 0.4) is 0 Å². The van der Waals surface area contributed by atoms with Crippen LogP contribution in [0.5, 0.6) is 0 Å². The second-order valence-electron chi connectivity index (χ2n) is 3.12. The molecular formula is C9H14NO5PS. The summed E-state index contributed by atoms with van der Waals surface area (Å²) in [4.78, 5) is 14.8. The molecule has 17 heavy (non-hydrogen) atoms. The van der Waals surface area contributed by atoms with Gasteiger partial charge in [-0.05, 0) is 0 Å². The van der Waals surface area contributed by atoms with E-state index in [0.717, 1.165) is 0 Å². The van der Waals surface area contributed by atoms with Crippen molar-refractivity contribution in [1.82, 2.24) is 0 Å². The molecule has 0 N–H and O–H groups in total. The maximum atomic E-state index is 12.2. The van der Waals surface area contributed by atoms with E-state index in [9.17, 15) is 9.36 Å². The first-order valence-electron chi connectivity index (χ1n) is 4.75. The highest BCUT2D eigenvalue weighted by atomic mass is 32.2. The molecule has 0 aromatic heterocycles. The molecule has 1 rings (SSSR count). The van der Waals surface area contributed by atoms with E-state index < -0.39 is 13.6 Å². The number of hydrogen-bond acceptors (Lipinski definition) is 7. The molecule has 0 fully saturated rings. The molecular weight excluding hydrogens is 265 g/mol. The highest BCUT2D eigenvalue weighted by molar-refractivity contribution is 8.12. The SMILES string of the molecule is COP(=O)(OC)C1=C(COC(C)=O)CSC=N1. The molecule has 1 aliphatic heterocycles. The van der Waals surface area contributed by atoms with Crippen molar-refractivity contribution in [3.05, 3.63) is 11.0 Å². The third kappa shape index (κ3) is 3.67. The van der Waals surface area contributed by atoms with E-state index in [0.29, 0.717) is 11.3 Å². The minimum atomic E-state index is -3.40. The molecule has 0 radical (unpaired) electrons. The fourth-order valence-electron chi connectivity index (χ4n) is 1.19. The minimum Gasteiger partial charge on any atom is -0.461 e. The van der Waals surface area contributed by atoms with Crippen molar-refractivity contribution in [2.24, 2.45) is 4.99 Å². The second-order valence-corrected chi connectivity index (χ2v) is 6.10. The van der Waals surface area contributed by atoms with Gasteiger partial charge in [-0.1, -0.05) is 0 Å². The lowest BCUT2D eigenvalue weighted by Gasteiger charge is -2.20. The van der Waals surface area contributed by atoms with Crippen LogP contribution in [0.25, 0.3) is 0 Å². The molecule has 0 atom stereocenters. The molecule has 8 heteroatoms. The van der Waals surface area contributed by atoms with Crippen molar-refractivity contribution >= 4 is 30.9 Å². The van der Waals surface area contributed by atoms with Gasteiger partial charge in [0, 0.05) is 32.5 Å². The van der Waals surface area contributed by atoms with Crippen LogP contribution in [0.4, 0.5) is 0 Å². The number of aliphatic imine (C=N–C) groups is 1. The third-order valence-corrected chi connectivity index (χ3v) is 4.69. The molecule has 0 saturated carbocycles. The highest BCUT2D eigenvalue weighted by Gasteiger charge is 2.32. The van der Waals surface area contributed by atoms with Crippen LogP contribution in [0, 0.1) is 0 Å². The number of rotatable bonds is 5. The normalized spacial score (nSPS) is 16.2. The Balaban J connectivity index is 2.99. The summed E-state index contributed by atoms with van der Waals surface area (Å²) >= 11 is 1.42. The van der Waals surface area contributed by atoms with Crippen molar-refractivity contribution in [2.75, 3.05) is 26.6 Å². The third-order valence-electron chi connectivity index (χ3n) is 2.01. The summed E-state index contributed by atoms with van der Waals surface area (Å²) in [6, 6.07) is 0. The summed E-state index contributed by atoms with van der Waals surface area (Å²) in [5, 5.41) is 0. The van der Waals surface area contributed by atoms with E-state index in [1.54, 1.807) is 5.55 Å². The van der Waals surface area contributed by atoms with Gasteiger partial charge in [-0.25, -0.2) is 4.99 Å². The molecule has 0 aromatic rings. The first-order chi connectivity index (χ1) is 8.03. The molecule has 0 unspecified atom stereocenters. The Labute approximate surface area is 104 Å². The molecule has 1 aliphatic rings. The van der Waals surface area contributed by atoms with Gasteiger partial charge in [-0.15, -0.1) is 11.8 Å². The zero-order chi connectivity index (χ0) is 12.9. The van der Waals surface area contributed by atoms with Crippen LogP contribution in [0.1, 0.15) is 6.92 Å². The van der Waals surface area contributed by atoms with Gasteiger partial charge >= 0.3 is 13.6 Å². The summed E-state index contributed by atoms with van der Waals surface area (Å²) in [5.74, 6) is 0.143. The molecule has 6 nitrogen and oxygen atoms in total. The van der Waals surface area contributed by atoms with Gasteiger partial charge in [0.1, 0.15) is 6.61 Å². The lowest BCUT2D eigenvalue weighted by Crippen LogP contribution is -2.10. The number of carbonyl (C=O) groups excluding carboxylic acids is 1.